The van der Waals surface area contributed by atoms with Gasteiger partial charge in [0, 0.05) is 18.3 Å². The Morgan fingerprint density at radius 1 is 1.41 bits per heavy atom. The molecule has 1 unspecified atom stereocenters. The Morgan fingerprint density at radius 3 is 2.53 bits per heavy atom. The number of aliphatic carboxylic acids is 2. The van der Waals surface area contributed by atoms with Gasteiger partial charge in [-0.3, -0.25) is 14.3 Å². The molecule has 0 saturated carbocycles. The molecule has 0 fully saturated rings. The first-order valence-electron chi connectivity index (χ1n) is 5.37. The highest BCUT2D eigenvalue weighted by Crippen LogP contribution is 2.19. The molecule has 1 aromatic rings. The number of aromatic nitrogens is 2. The van der Waals surface area contributed by atoms with Gasteiger partial charge in [-0.05, 0) is 5.92 Å². The Labute approximate surface area is 98.9 Å². The molecule has 1 rings (SSSR count). The van der Waals surface area contributed by atoms with Gasteiger partial charge < -0.3 is 10.2 Å². The Balaban J connectivity index is 2.84. The second kappa shape index (κ2) is 5.47. The van der Waals surface area contributed by atoms with Gasteiger partial charge in [-0.15, -0.1) is 0 Å². The van der Waals surface area contributed by atoms with Gasteiger partial charge in [-0.2, -0.15) is 5.10 Å². The van der Waals surface area contributed by atoms with Gasteiger partial charge in [0.15, 0.2) is 0 Å². The number of carboxylic acids is 2. The van der Waals surface area contributed by atoms with Crippen LogP contribution in [0.3, 0.4) is 0 Å². The van der Waals surface area contributed by atoms with Gasteiger partial charge in [0.25, 0.3) is 0 Å². The van der Waals surface area contributed by atoms with E-state index < -0.39 is 24.3 Å². The lowest BCUT2D eigenvalue weighted by atomic mass is 9.99. The van der Waals surface area contributed by atoms with Crippen molar-refractivity contribution >= 4 is 11.9 Å². The van der Waals surface area contributed by atoms with Crippen molar-refractivity contribution in [2.75, 3.05) is 0 Å². The van der Waals surface area contributed by atoms with Crippen LogP contribution >= 0.6 is 0 Å². The van der Waals surface area contributed by atoms with Crippen molar-refractivity contribution in [3.63, 3.8) is 0 Å². The molecule has 0 aliphatic heterocycles. The average molecular weight is 240 g/mol. The van der Waals surface area contributed by atoms with Crippen molar-refractivity contribution in [1.82, 2.24) is 9.78 Å². The molecule has 6 heteroatoms. The average Bonchev–Trinajstić information content (AvgIpc) is 2.60. The molecular formula is C11H16N2O4. The van der Waals surface area contributed by atoms with Gasteiger partial charge >= 0.3 is 11.9 Å². The number of carboxylic acid groups (broad SMARTS) is 2. The quantitative estimate of drug-likeness (QED) is 0.778. The molecule has 0 saturated heterocycles. The van der Waals surface area contributed by atoms with E-state index in [2.05, 4.69) is 5.10 Å². The molecule has 1 atom stereocenters. The standard InChI is InChI=1S/C11H16N2O4/c1-7(2)5-13-6-8(4-12-13)9(11(16)17)3-10(14)15/h4,6-7,9H,3,5H2,1-2H3,(H,14,15)(H,16,17). The molecular weight excluding hydrogens is 224 g/mol. The van der Waals surface area contributed by atoms with Gasteiger partial charge in [0.2, 0.25) is 0 Å². The third-order valence-corrected chi connectivity index (χ3v) is 2.28. The molecule has 0 aliphatic carbocycles. The van der Waals surface area contributed by atoms with Gasteiger partial charge in [-0.1, -0.05) is 13.8 Å². The predicted octanol–water partition coefficient (Wildman–Crippen LogP) is 1.18. The van der Waals surface area contributed by atoms with Crippen LogP contribution in [0.1, 0.15) is 31.7 Å². The van der Waals surface area contributed by atoms with Crippen LogP contribution in [0, 0.1) is 5.92 Å². The Morgan fingerprint density at radius 2 is 2.06 bits per heavy atom. The SMILES string of the molecule is CC(C)Cn1cc(C(CC(=O)O)C(=O)O)cn1. The Hall–Kier alpha value is -1.85. The summed E-state index contributed by atoms with van der Waals surface area (Å²) in [7, 11) is 0. The van der Waals surface area contributed by atoms with E-state index in [0.717, 1.165) is 0 Å². The number of hydrogen-bond donors (Lipinski definition) is 2. The van der Waals surface area contributed by atoms with E-state index in [1.54, 1.807) is 10.9 Å². The zero-order chi connectivity index (χ0) is 13.0. The minimum absolute atomic E-state index is 0.394. The second-order valence-electron chi connectivity index (χ2n) is 4.38. The van der Waals surface area contributed by atoms with Crippen molar-refractivity contribution in [2.45, 2.75) is 32.7 Å². The highest BCUT2D eigenvalue weighted by molar-refractivity contribution is 5.82. The molecule has 0 amide bonds. The summed E-state index contributed by atoms with van der Waals surface area (Å²) >= 11 is 0. The summed E-state index contributed by atoms with van der Waals surface area (Å²) in [6.45, 7) is 4.72. The minimum atomic E-state index is -1.14. The molecule has 0 aromatic carbocycles. The van der Waals surface area contributed by atoms with Crippen LogP contribution in [0.2, 0.25) is 0 Å². The molecule has 17 heavy (non-hydrogen) atoms. The highest BCUT2D eigenvalue weighted by Gasteiger charge is 2.24. The van der Waals surface area contributed by atoms with Gasteiger partial charge in [0.05, 0.1) is 18.5 Å². The summed E-state index contributed by atoms with van der Waals surface area (Å²) in [6.07, 6.45) is 2.59. The number of rotatable bonds is 6. The van der Waals surface area contributed by atoms with Crippen LogP contribution < -0.4 is 0 Å². The van der Waals surface area contributed by atoms with Crippen LogP contribution in [0.4, 0.5) is 0 Å². The number of hydrogen-bond acceptors (Lipinski definition) is 3. The first kappa shape index (κ1) is 13.2. The number of carbonyl (C=O) groups is 2. The van der Waals surface area contributed by atoms with Crippen LogP contribution in [0.25, 0.3) is 0 Å². The summed E-state index contributed by atoms with van der Waals surface area (Å²) in [4.78, 5) is 21.5. The molecule has 0 bridgehead atoms. The molecule has 2 N–H and O–H groups in total. The molecule has 1 aromatic heterocycles. The summed E-state index contributed by atoms with van der Waals surface area (Å²) in [5.41, 5.74) is 0.431. The van der Waals surface area contributed by atoms with Gasteiger partial charge in [-0.25, -0.2) is 0 Å². The van der Waals surface area contributed by atoms with E-state index in [4.69, 9.17) is 10.2 Å². The van der Waals surface area contributed by atoms with Crippen LogP contribution in [0.15, 0.2) is 12.4 Å². The fourth-order valence-electron chi connectivity index (χ4n) is 1.56. The van der Waals surface area contributed by atoms with Crippen molar-refractivity contribution in [3.8, 4) is 0 Å². The fraction of sp³-hybridized carbons (Fsp3) is 0.545. The van der Waals surface area contributed by atoms with Crippen molar-refractivity contribution < 1.29 is 19.8 Å². The van der Waals surface area contributed by atoms with E-state index in [0.29, 0.717) is 18.0 Å². The van der Waals surface area contributed by atoms with E-state index in [9.17, 15) is 9.59 Å². The lowest BCUT2D eigenvalue weighted by Crippen LogP contribution is -2.15. The summed E-state index contributed by atoms with van der Waals surface area (Å²) in [5.74, 6) is -2.91. The van der Waals surface area contributed by atoms with E-state index >= 15 is 0 Å². The smallest absolute Gasteiger partial charge is 0.311 e. The summed E-state index contributed by atoms with van der Waals surface area (Å²) in [5, 5.41) is 21.6. The van der Waals surface area contributed by atoms with Crippen molar-refractivity contribution in [3.05, 3.63) is 18.0 Å². The number of nitrogens with zero attached hydrogens (tertiary/aromatic N) is 2. The minimum Gasteiger partial charge on any atom is -0.481 e. The van der Waals surface area contributed by atoms with E-state index in [1.165, 1.54) is 6.20 Å². The van der Waals surface area contributed by atoms with E-state index in [-0.39, 0.29) is 0 Å². The maximum atomic E-state index is 11.0. The third-order valence-electron chi connectivity index (χ3n) is 2.28. The summed E-state index contributed by atoms with van der Waals surface area (Å²) < 4.78 is 1.64. The maximum absolute atomic E-state index is 11.0. The van der Waals surface area contributed by atoms with Gasteiger partial charge in [0.1, 0.15) is 0 Å². The first-order chi connectivity index (χ1) is 7.90. The third kappa shape index (κ3) is 3.90. The lowest BCUT2D eigenvalue weighted by molar-refractivity contribution is -0.145. The lowest BCUT2D eigenvalue weighted by Gasteiger charge is -2.07. The zero-order valence-electron chi connectivity index (χ0n) is 9.83. The first-order valence-corrected chi connectivity index (χ1v) is 5.37. The molecule has 0 radical (unpaired) electrons. The normalized spacial score (nSPS) is 12.6. The molecule has 0 spiro atoms. The van der Waals surface area contributed by atoms with Crippen molar-refractivity contribution in [2.24, 2.45) is 5.92 Å². The van der Waals surface area contributed by atoms with Crippen LogP contribution in [-0.2, 0) is 16.1 Å². The van der Waals surface area contributed by atoms with Crippen molar-refractivity contribution in [1.29, 1.82) is 0 Å². The Bertz CT molecular complexity index is 411. The molecule has 94 valence electrons. The van der Waals surface area contributed by atoms with E-state index in [1.807, 2.05) is 13.8 Å². The highest BCUT2D eigenvalue weighted by atomic mass is 16.4. The summed E-state index contributed by atoms with van der Waals surface area (Å²) in [6, 6.07) is 0. The topological polar surface area (TPSA) is 92.4 Å². The van der Waals surface area contributed by atoms with Crippen LogP contribution in [0.5, 0.6) is 0 Å². The zero-order valence-corrected chi connectivity index (χ0v) is 9.83. The fourth-order valence-corrected chi connectivity index (χ4v) is 1.56. The molecule has 1 heterocycles. The largest absolute Gasteiger partial charge is 0.481 e. The molecule has 6 nitrogen and oxygen atoms in total. The molecule has 0 aliphatic rings. The monoisotopic (exact) mass is 240 g/mol. The second-order valence-corrected chi connectivity index (χ2v) is 4.38. The predicted molar refractivity (Wildman–Crippen MR) is 59.7 cm³/mol. The Kier molecular flexibility index (Phi) is 4.25. The van der Waals surface area contributed by atoms with Crippen LogP contribution in [-0.4, -0.2) is 31.9 Å². The maximum Gasteiger partial charge on any atom is 0.311 e.